The molecule has 1 aromatic heterocycles. The summed E-state index contributed by atoms with van der Waals surface area (Å²) in [5, 5.41) is 0.536. The number of halogens is 2. The summed E-state index contributed by atoms with van der Waals surface area (Å²) in [7, 11) is 0. The molecular formula is C23H18ClFN2O3S. The number of fused-ring (bicyclic) bond motifs is 1. The van der Waals surface area contributed by atoms with Gasteiger partial charge in [-0.15, -0.1) is 0 Å². The molecule has 1 aliphatic heterocycles. The summed E-state index contributed by atoms with van der Waals surface area (Å²) in [6, 6.07) is 12.4. The van der Waals surface area contributed by atoms with E-state index in [0.29, 0.717) is 31.2 Å². The van der Waals surface area contributed by atoms with Crippen LogP contribution in [0.2, 0.25) is 5.02 Å². The molecule has 8 heteroatoms. The van der Waals surface area contributed by atoms with Gasteiger partial charge in [0.2, 0.25) is 0 Å². The van der Waals surface area contributed by atoms with Crippen molar-refractivity contribution in [2.45, 2.75) is 19.9 Å². The Morgan fingerprint density at radius 3 is 2.65 bits per heavy atom. The average Bonchev–Trinajstić information content (AvgIpc) is 3.04. The predicted molar refractivity (Wildman–Crippen MR) is 118 cm³/mol. The molecule has 0 fully saturated rings. The summed E-state index contributed by atoms with van der Waals surface area (Å²) in [5.74, 6) is -0.960. The van der Waals surface area contributed by atoms with Gasteiger partial charge in [0.05, 0.1) is 28.5 Å². The minimum Gasteiger partial charge on any atom is -0.463 e. The lowest BCUT2D eigenvalue weighted by Gasteiger charge is -2.24. The SMILES string of the molecule is CCOC(=O)C1=C(C)N=c2sc(=Cc3ccccc3F)c(=O)n2C1c1ccc(Cl)cc1. The van der Waals surface area contributed by atoms with Crippen LogP contribution in [0, 0.1) is 5.82 Å². The van der Waals surface area contributed by atoms with E-state index in [1.54, 1.807) is 56.3 Å². The first-order valence-corrected chi connectivity index (χ1v) is 10.8. The smallest absolute Gasteiger partial charge is 0.338 e. The molecule has 4 rings (SSSR count). The summed E-state index contributed by atoms with van der Waals surface area (Å²) < 4.78 is 21.2. The lowest BCUT2D eigenvalue weighted by atomic mass is 9.96. The zero-order chi connectivity index (χ0) is 22.1. The van der Waals surface area contributed by atoms with Crippen molar-refractivity contribution in [3.8, 4) is 0 Å². The molecule has 31 heavy (non-hydrogen) atoms. The van der Waals surface area contributed by atoms with Crippen LogP contribution in [-0.4, -0.2) is 17.1 Å². The lowest BCUT2D eigenvalue weighted by molar-refractivity contribution is -0.139. The zero-order valence-electron chi connectivity index (χ0n) is 16.8. The number of carbonyl (C=O) groups is 1. The molecule has 1 aliphatic rings. The highest BCUT2D eigenvalue weighted by atomic mass is 35.5. The van der Waals surface area contributed by atoms with E-state index < -0.39 is 17.8 Å². The second kappa shape index (κ2) is 8.61. The number of allylic oxidation sites excluding steroid dienone is 1. The fourth-order valence-electron chi connectivity index (χ4n) is 3.49. The molecule has 0 saturated heterocycles. The Morgan fingerprint density at radius 2 is 1.97 bits per heavy atom. The molecule has 0 bridgehead atoms. The van der Waals surface area contributed by atoms with Crippen molar-refractivity contribution in [2.75, 3.05) is 6.61 Å². The van der Waals surface area contributed by atoms with Crippen LogP contribution in [-0.2, 0) is 9.53 Å². The maximum Gasteiger partial charge on any atom is 0.338 e. The number of rotatable bonds is 4. The predicted octanol–water partition coefficient (Wildman–Crippen LogP) is 3.59. The van der Waals surface area contributed by atoms with Gasteiger partial charge >= 0.3 is 5.97 Å². The van der Waals surface area contributed by atoms with Crippen LogP contribution in [0.15, 0.2) is 69.6 Å². The van der Waals surface area contributed by atoms with Crippen LogP contribution in [0.25, 0.3) is 6.08 Å². The largest absolute Gasteiger partial charge is 0.463 e. The number of esters is 1. The Morgan fingerprint density at radius 1 is 1.26 bits per heavy atom. The standard InChI is InChI=1S/C23H18ClFN2O3S/c1-3-30-22(29)19-13(2)26-23-27(20(19)14-8-10-16(24)11-9-14)21(28)18(31-23)12-15-6-4-5-7-17(15)25/h4-12,20H,3H2,1-2H3. The fourth-order valence-corrected chi connectivity index (χ4v) is 4.65. The number of benzene rings is 2. The molecule has 5 nitrogen and oxygen atoms in total. The van der Waals surface area contributed by atoms with Crippen molar-refractivity contribution >= 4 is 35.0 Å². The summed E-state index contributed by atoms with van der Waals surface area (Å²) in [6.07, 6.45) is 1.50. The molecule has 2 heterocycles. The van der Waals surface area contributed by atoms with Crippen molar-refractivity contribution < 1.29 is 13.9 Å². The van der Waals surface area contributed by atoms with E-state index in [1.807, 2.05) is 0 Å². The molecule has 0 spiro atoms. The number of ether oxygens (including phenoxy) is 1. The molecule has 3 aromatic rings. The monoisotopic (exact) mass is 456 g/mol. The Hall–Kier alpha value is -3.03. The van der Waals surface area contributed by atoms with Gasteiger partial charge in [0.15, 0.2) is 4.80 Å². The molecule has 0 amide bonds. The highest BCUT2D eigenvalue weighted by Gasteiger charge is 2.33. The van der Waals surface area contributed by atoms with Crippen LogP contribution < -0.4 is 14.9 Å². The molecule has 0 saturated carbocycles. The van der Waals surface area contributed by atoms with Gasteiger partial charge in [0.25, 0.3) is 5.56 Å². The van der Waals surface area contributed by atoms with Crippen molar-refractivity contribution in [3.63, 3.8) is 0 Å². The number of carbonyl (C=O) groups excluding carboxylic acids is 1. The van der Waals surface area contributed by atoms with Crippen LogP contribution in [0.3, 0.4) is 0 Å². The zero-order valence-corrected chi connectivity index (χ0v) is 18.3. The topological polar surface area (TPSA) is 60.7 Å². The average molecular weight is 457 g/mol. The number of aromatic nitrogens is 1. The van der Waals surface area contributed by atoms with Gasteiger partial charge in [0.1, 0.15) is 5.82 Å². The minimum atomic E-state index is -0.727. The van der Waals surface area contributed by atoms with Crippen LogP contribution >= 0.6 is 22.9 Å². The van der Waals surface area contributed by atoms with E-state index in [9.17, 15) is 14.0 Å². The first kappa shape index (κ1) is 21.2. The van der Waals surface area contributed by atoms with Crippen molar-refractivity contribution in [2.24, 2.45) is 4.99 Å². The number of nitrogens with zero attached hydrogens (tertiary/aromatic N) is 2. The Kier molecular flexibility index (Phi) is 5.89. The third-order valence-corrected chi connectivity index (χ3v) is 6.13. The number of hydrogen-bond donors (Lipinski definition) is 0. The normalized spacial score (nSPS) is 16.1. The summed E-state index contributed by atoms with van der Waals surface area (Å²) >= 11 is 7.19. The van der Waals surface area contributed by atoms with Gasteiger partial charge < -0.3 is 4.74 Å². The van der Waals surface area contributed by atoms with Gasteiger partial charge in [-0.2, -0.15) is 0 Å². The van der Waals surface area contributed by atoms with E-state index >= 15 is 0 Å². The maximum absolute atomic E-state index is 14.1. The second-order valence-corrected chi connectivity index (χ2v) is 8.32. The van der Waals surface area contributed by atoms with Crippen LogP contribution in [0.5, 0.6) is 0 Å². The summed E-state index contributed by atoms with van der Waals surface area (Å²) in [5.41, 5.74) is 1.39. The molecule has 0 aliphatic carbocycles. The number of hydrogen-bond acceptors (Lipinski definition) is 5. The van der Waals surface area contributed by atoms with Gasteiger partial charge in [-0.3, -0.25) is 9.36 Å². The van der Waals surface area contributed by atoms with Gasteiger partial charge in [-0.1, -0.05) is 53.3 Å². The maximum atomic E-state index is 14.1. The van der Waals surface area contributed by atoms with E-state index in [0.717, 1.165) is 11.3 Å². The fraction of sp³-hybridized carbons (Fsp3) is 0.174. The Bertz CT molecular complexity index is 1370. The first-order chi connectivity index (χ1) is 14.9. The van der Waals surface area contributed by atoms with Crippen LogP contribution in [0.1, 0.15) is 31.0 Å². The molecule has 0 N–H and O–H groups in total. The van der Waals surface area contributed by atoms with Gasteiger partial charge in [0, 0.05) is 10.6 Å². The van der Waals surface area contributed by atoms with Gasteiger partial charge in [-0.25, -0.2) is 14.2 Å². The molecule has 1 atom stereocenters. The second-order valence-electron chi connectivity index (χ2n) is 6.88. The van der Waals surface area contributed by atoms with E-state index in [2.05, 4.69) is 4.99 Å². The van der Waals surface area contributed by atoms with E-state index in [1.165, 1.54) is 16.7 Å². The quantitative estimate of drug-likeness (QED) is 0.564. The molecule has 1 unspecified atom stereocenters. The highest BCUT2D eigenvalue weighted by molar-refractivity contribution is 7.07. The van der Waals surface area contributed by atoms with Crippen molar-refractivity contribution in [1.29, 1.82) is 0 Å². The Balaban J connectivity index is 1.97. The Labute approximate surface area is 186 Å². The number of thiazole rings is 1. The van der Waals surface area contributed by atoms with Gasteiger partial charge in [-0.05, 0) is 43.7 Å². The molecule has 158 valence electrons. The van der Waals surface area contributed by atoms with Crippen LogP contribution in [0.4, 0.5) is 4.39 Å². The highest BCUT2D eigenvalue weighted by Crippen LogP contribution is 2.31. The van der Waals surface area contributed by atoms with E-state index in [4.69, 9.17) is 16.3 Å². The van der Waals surface area contributed by atoms with Crippen molar-refractivity contribution in [3.05, 3.63) is 101 Å². The third-order valence-electron chi connectivity index (χ3n) is 4.89. The molecular weight excluding hydrogens is 439 g/mol. The molecule has 0 radical (unpaired) electrons. The molecule has 2 aromatic carbocycles. The third kappa shape index (κ3) is 3.98. The summed E-state index contributed by atoms with van der Waals surface area (Å²) in [6.45, 7) is 3.62. The summed E-state index contributed by atoms with van der Waals surface area (Å²) in [4.78, 5) is 31.1. The minimum absolute atomic E-state index is 0.195. The first-order valence-electron chi connectivity index (χ1n) is 9.60. The van der Waals surface area contributed by atoms with Crippen molar-refractivity contribution in [1.82, 2.24) is 4.57 Å². The lowest BCUT2D eigenvalue weighted by Crippen LogP contribution is -2.39. The van der Waals surface area contributed by atoms with E-state index in [-0.39, 0.29) is 17.7 Å².